The summed E-state index contributed by atoms with van der Waals surface area (Å²) in [5, 5.41) is 12.7. The van der Waals surface area contributed by atoms with Crippen molar-refractivity contribution < 1.29 is 9.59 Å². The Balaban J connectivity index is 1.89. The van der Waals surface area contributed by atoms with Gasteiger partial charge in [-0.15, -0.1) is 11.3 Å². The van der Waals surface area contributed by atoms with Crippen molar-refractivity contribution >= 4 is 28.2 Å². The Kier molecular flexibility index (Phi) is 4.86. The third kappa shape index (κ3) is 3.42. The van der Waals surface area contributed by atoms with E-state index in [9.17, 15) is 14.9 Å². The van der Waals surface area contributed by atoms with E-state index in [1.807, 2.05) is 24.0 Å². The zero-order valence-electron chi connectivity index (χ0n) is 14.3. The zero-order valence-corrected chi connectivity index (χ0v) is 15.1. The van der Waals surface area contributed by atoms with Gasteiger partial charge in [0.2, 0.25) is 0 Å². The van der Waals surface area contributed by atoms with Crippen molar-refractivity contribution in [2.24, 2.45) is 0 Å². The lowest BCUT2D eigenvalue weighted by Crippen LogP contribution is -2.27. The van der Waals surface area contributed by atoms with E-state index in [0.717, 1.165) is 31.5 Å². The summed E-state index contributed by atoms with van der Waals surface area (Å²) in [5.41, 5.74) is 2.53. The van der Waals surface area contributed by atoms with Crippen molar-refractivity contribution in [2.45, 2.75) is 26.7 Å². The van der Waals surface area contributed by atoms with Crippen molar-refractivity contribution in [1.29, 1.82) is 5.26 Å². The topological polar surface area (TPSA) is 73.2 Å². The minimum absolute atomic E-state index is 0.0486. The Morgan fingerprint density at radius 3 is 2.60 bits per heavy atom. The third-order valence-corrected chi connectivity index (χ3v) is 5.55. The molecule has 25 heavy (non-hydrogen) atoms. The zero-order chi connectivity index (χ0) is 18.0. The highest BCUT2D eigenvalue weighted by Crippen LogP contribution is 2.34. The second kappa shape index (κ2) is 7.08. The maximum atomic E-state index is 12.7. The van der Waals surface area contributed by atoms with Gasteiger partial charge in [0, 0.05) is 18.7 Å². The van der Waals surface area contributed by atoms with Crippen LogP contribution in [-0.4, -0.2) is 29.8 Å². The minimum atomic E-state index is -0.276. The standard InChI is InChI=1S/C19H19N3O2S/c1-12-6-5-7-14(10-12)17(23)21-18-15(11-20)13(2)16(25-18)19(24)22-8-3-4-9-22/h5-7,10H,3-4,8-9H2,1-2H3,(H,21,23). The van der Waals surface area contributed by atoms with Crippen molar-refractivity contribution in [1.82, 2.24) is 4.90 Å². The van der Waals surface area contributed by atoms with E-state index in [2.05, 4.69) is 11.4 Å². The molecule has 5 nitrogen and oxygen atoms in total. The Morgan fingerprint density at radius 2 is 1.96 bits per heavy atom. The Hall–Kier alpha value is -2.65. The van der Waals surface area contributed by atoms with Crippen molar-refractivity contribution in [3.05, 3.63) is 51.4 Å². The average Bonchev–Trinajstić information content (AvgIpc) is 3.22. The van der Waals surface area contributed by atoms with Crippen molar-refractivity contribution in [3.8, 4) is 6.07 Å². The lowest BCUT2D eigenvalue weighted by atomic mass is 10.1. The van der Waals surface area contributed by atoms with Gasteiger partial charge < -0.3 is 10.2 Å². The van der Waals surface area contributed by atoms with Crippen LogP contribution in [0.15, 0.2) is 24.3 Å². The lowest BCUT2D eigenvalue weighted by Gasteiger charge is -2.14. The minimum Gasteiger partial charge on any atom is -0.338 e. The second-order valence-electron chi connectivity index (χ2n) is 6.20. The summed E-state index contributed by atoms with van der Waals surface area (Å²) >= 11 is 1.19. The molecule has 6 heteroatoms. The molecule has 0 bridgehead atoms. The quantitative estimate of drug-likeness (QED) is 0.914. The Morgan fingerprint density at radius 1 is 1.24 bits per heavy atom. The summed E-state index contributed by atoms with van der Waals surface area (Å²) in [6.45, 7) is 5.19. The number of nitrogens with zero attached hydrogens (tertiary/aromatic N) is 2. The van der Waals surface area contributed by atoms with Crippen LogP contribution < -0.4 is 5.32 Å². The summed E-state index contributed by atoms with van der Waals surface area (Å²) in [6, 6.07) is 9.37. The molecule has 0 spiro atoms. The van der Waals surface area contributed by atoms with Gasteiger partial charge in [-0.25, -0.2) is 0 Å². The highest BCUT2D eigenvalue weighted by Gasteiger charge is 2.26. The smallest absolute Gasteiger partial charge is 0.264 e. The van der Waals surface area contributed by atoms with Crippen LogP contribution in [-0.2, 0) is 0 Å². The van der Waals surface area contributed by atoms with Crippen LogP contribution in [0.25, 0.3) is 0 Å². The number of hydrogen-bond donors (Lipinski definition) is 1. The molecule has 1 aliphatic heterocycles. The molecular weight excluding hydrogens is 334 g/mol. The number of thiophene rings is 1. The van der Waals surface area contributed by atoms with Crippen LogP contribution in [0.2, 0.25) is 0 Å². The first-order chi connectivity index (χ1) is 12.0. The molecule has 1 aromatic heterocycles. The number of benzene rings is 1. The van der Waals surface area contributed by atoms with Crippen molar-refractivity contribution in [2.75, 3.05) is 18.4 Å². The number of carbonyl (C=O) groups is 2. The number of anilines is 1. The number of hydrogen-bond acceptors (Lipinski definition) is 4. The fourth-order valence-corrected chi connectivity index (χ4v) is 4.09. The number of likely N-dealkylation sites (tertiary alicyclic amines) is 1. The molecule has 0 saturated carbocycles. The molecule has 2 aromatic rings. The number of nitrogens with one attached hydrogen (secondary N) is 1. The van der Waals surface area contributed by atoms with Crippen LogP contribution in [0.3, 0.4) is 0 Å². The molecule has 2 heterocycles. The summed E-state index contributed by atoms with van der Waals surface area (Å²) in [6.07, 6.45) is 2.02. The van der Waals surface area contributed by atoms with E-state index in [4.69, 9.17) is 0 Å². The van der Waals surface area contributed by atoms with Gasteiger partial charge in [0.05, 0.1) is 10.4 Å². The highest BCUT2D eigenvalue weighted by atomic mass is 32.1. The van der Waals surface area contributed by atoms with Crippen LogP contribution >= 0.6 is 11.3 Å². The van der Waals surface area contributed by atoms with Crippen LogP contribution in [0.4, 0.5) is 5.00 Å². The molecule has 1 aliphatic rings. The first kappa shape index (κ1) is 17.2. The van der Waals surface area contributed by atoms with Crippen LogP contribution in [0.5, 0.6) is 0 Å². The average molecular weight is 353 g/mol. The molecule has 2 amide bonds. The normalized spacial score (nSPS) is 13.6. The molecule has 1 fully saturated rings. The van der Waals surface area contributed by atoms with Gasteiger partial charge in [-0.1, -0.05) is 17.7 Å². The SMILES string of the molecule is Cc1cccc(C(=O)Nc2sc(C(=O)N3CCCC3)c(C)c2C#N)c1. The Bertz CT molecular complexity index is 873. The number of nitriles is 1. The van der Waals surface area contributed by atoms with E-state index >= 15 is 0 Å². The molecule has 0 unspecified atom stereocenters. The third-order valence-electron chi connectivity index (χ3n) is 4.35. The molecule has 0 aliphatic carbocycles. The number of aryl methyl sites for hydroxylation is 1. The van der Waals surface area contributed by atoms with E-state index in [1.54, 1.807) is 19.1 Å². The molecule has 0 atom stereocenters. The number of rotatable bonds is 3. The summed E-state index contributed by atoms with van der Waals surface area (Å²) in [7, 11) is 0. The molecule has 1 saturated heterocycles. The first-order valence-electron chi connectivity index (χ1n) is 8.22. The maximum Gasteiger partial charge on any atom is 0.264 e. The van der Waals surface area contributed by atoms with Gasteiger partial charge in [0.15, 0.2) is 0 Å². The largest absolute Gasteiger partial charge is 0.338 e. The number of amides is 2. The predicted molar refractivity (Wildman–Crippen MR) is 98.0 cm³/mol. The fraction of sp³-hybridized carbons (Fsp3) is 0.316. The van der Waals surface area contributed by atoms with Gasteiger partial charge in [-0.05, 0) is 44.4 Å². The van der Waals surface area contributed by atoms with Crippen molar-refractivity contribution in [3.63, 3.8) is 0 Å². The lowest BCUT2D eigenvalue weighted by molar-refractivity contribution is 0.0796. The van der Waals surface area contributed by atoms with E-state index in [0.29, 0.717) is 26.6 Å². The van der Waals surface area contributed by atoms with Gasteiger partial charge >= 0.3 is 0 Å². The predicted octanol–water partition coefficient (Wildman–Crippen LogP) is 3.72. The van der Waals surface area contributed by atoms with Gasteiger partial charge in [-0.3, -0.25) is 9.59 Å². The summed E-state index contributed by atoms with van der Waals surface area (Å²) in [5.74, 6) is -0.325. The maximum absolute atomic E-state index is 12.7. The van der Waals surface area contributed by atoms with Crippen LogP contribution in [0, 0.1) is 25.2 Å². The van der Waals surface area contributed by atoms with Gasteiger partial charge in [-0.2, -0.15) is 5.26 Å². The van der Waals surface area contributed by atoms with E-state index < -0.39 is 0 Å². The van der Waals surface area contributed by atoms with Gasteiger partial charge in [0.1, 0.15) is 11.1 Å². The fourth-order valence-electron chi connectivity index (χ4n) is 2.97. The molecule has 0 radical (unpaired) electrons. The monoisotopic (exact) mass is 353 g/mol. The van der Waals surface area contributed by atoms with Crippen LogP contribution in [0.1, 0.15) is 49.6 Å². The highest BCUT2D eigenvalue weighted by molar-refractivity contribution is 7.18. The number of carbonyl (C=O) groups excluding carboxylic acids is 2. The van der Waals surface area contributed by atoms with E-state index in [1.165, 1.54) is 11.3 Å². The molecule has 3 rings (SSSR count). The van der Waals surface area contributed by atoms with E-state index in [-0.39, 0.29) is 11.8 Å². The van der Waals surface area contributed by atoms with Gasteiger partial charge in [0.25, 0.3) is 11.8 Å². The summed E-state index contributed by atoms with van der Waals surface area (Å²) < 4.78 is 0. The molecule has 1 aromatic carbocycles. The first-order valence-corrected chi connectivity index (χ1v) is 9.03. The molecular formula is C19H19N3O2S. The molecule has 1 N–H and O–H groups in total. The summed E-state index contributed by atoms with van der Waals surface area (Å²) in [4.78, 5) is 27.5. The Labute approximate surface area is 150 Å². The second-order valence-corrected chi connectivity index (χ2v) is 7.22. The molecule has 128 valence electrons.